The lowest BCUT2D eigenvalue weighted by Crippen LogP contribution is -2.44. The van der Waals surface area contributed by atoms with Gasteiger partial charge in [0.15, 0.2) is 0 Å². The van der Waals surface area contributed by atoms with Crippen molar-refractivity contribution in [2.45, 2.75) is 6.04 Å². The number of benzene rings is 1. The Morgan fingerprint density at radius 2 is 2.00 bits per heavy atom. The van der Waals surface area contributed by atoms with E-state index in [0.717, 1.165) is 43.2 Å². The first kappa shape index (κ1) is 13.9. The van der Waals surface area contributed by atoms with Crippen LogP contribution in [0.5, 0.6) is 11.5 Å². The molecule has 4 heteroatoms. The third kappa shape index (κ3) is 3.08. The van der Waals surface area contributed by atoms with Crippen molar-refractivity contribution < 1.29 is 9.47 Å². The maximum atomic E-state index is 5.47. The predicted octanol–water partition coefficient (Wildman–Crippen LogP) is 1.84. The minimum absolute atomic E-state index is 0.159. The molecule has 0 radical (unpaired) electrons. The smallest absolute Gasteiger partial charge is 0.124 e. The molecule has 1 aliphatic rings. The first-order chi connectivity index (χ1) is 9.30. The number of nitrogens with one attached hydrogen (secondary N) is 1. The highest BCUT2D eigenvalue weighted by atomic mass is 16.5. The highest BCUT2D eigenvalue weighted by molar-refractivity contribution is 5.43. The minimum atomic E-state index is 0.159. The summed E-state index contributed by atoms with van der Waals surface area (Å²) < 4.78 is 10.8. The predicted molar refractivity (Wildman–Crippen MR) is 76.9 cm³/mol. The number of hydrogen-bond donors (Lipinski definition) is 1. The fourth-order valence-corrected chi connectivity index (χ4v) is 2.50. The second kappa shape index (κ2) is 6.59. The Morgan fingerprint density at radius 3 is 2.58 bits per heavy atom. The summed E-state index contributed by atoms with van der Waals surface area (Å²) in [7, 11) is 3.38. The van der Waals surface area contributed by atoms with Gasteiger partial charge in [-0.05, 0) is 18.2 Å². The van der Waals surface area contributed by atoms with E-state index in [-0.39, 0.29) is 6.04 Å². The van der Waals surface area contributed by atoms with Crippen molar-refractivity contribution in [3.63, 3.8) is 0 Å². The Labute approximate surface area is 115 Å². The van der Waals surface area contributed by atoms with Crippen molar-refractivity contribution in [2.24, 2.45) is 0 Å². The standard InChI is InChI=1S/C15H22N2O2/c1-4-14(17-9-7-16-8-10-17)13-11-12(18-2)5-6-15(13)19-3/h4-6,11,14,16H,1,7-10H2,2-3H3/t14-/m0/s1. The summed E-state index contributed by atoms with van der Waals surface area (Å²) in [4.78, 5) is 2.40. The zero-order chi connectivity index (χ0) is 13.7. The molecule has 2 rings (SSSR count). The lowest BCUT2D eigenvalue weighted by atomic mass is 10.0. The molecule has 0 aliphatic carbocycles. The largest absolute Gasteiger partial charge is 0.497 e. The van der Waals surface area contributed by atoms with Crippen LogP contribution in [0.25, 0.3) is 0 Å². The van der Waals surface area contributed by atoms with Gasteiger partial charge in [-0.1, -0.05) is 6.08 Å². The van der Waals surface area contributed by atoms with E-state index in [9.17, 15) is 0 Å². The molecule has 4 nitrogen and oxygen atoms in total. The van der Waals surface area contributed by atoms with E-state index >= 15 is 0 Å². The number of nitrogens with zero attached hydrogens (tertiary/aromatic N) is 1. The molecule has 0 unspecified atom stereocenters. The second-order valence-electron chi connectivity index (χ2n) is 4.57. The quantitative estimate of drug-likeness (QED) is 0.821. The molecule has 104 valence electrons. The molecular formula is C15H22N2O2. The van der Waals surface area contributed by atoms with Crippen molar-refractivity contribution in [3.05, 3.63) is 36.4 Å². The number of methoxy groups -OCH3 is 2. The van der Waals surface area contributed by atoms with Crippen molar-refractivity contribution in [2.75, 3.05) is 40.4 Å². The van der Waals surface area contributed by atoms with Crippen LogP contribution in [0.4, 0.5) is 0 Å². The van der Waals surface area contributed by atoms with Gasteiger partial charge in [-0.2, -0.15) is 0 Å². The van der Waals surface area contributed by atoms with Gasteiger partial charge in [-0.25, -0.2) is 0 Å². The summed E-state index contributed by atoms with van der Waals surface area (Å²) in [5.74, 6) is 1.72. The van der Waals surface area contributed by atoms with E-state index in [1.807, 2.05) is 24.3 Å². The summed E-state index contributed by atoms with van der Waals surface area (Å²) in [6, 6.07) is 6.06. The van der Waals surface area contributed by atoms with Crippen molar-refractivity contribution in [1.29, 1.82) is 0 Å². The monoisotopic (exact) mass is 262 g/mol. The van der Waals surface area contributed by atoms with Crippen molar-refractivity contribution in [3.8, 4) is 11.5 Å². The molecule has 19 heavy (non-hydrogen) atoms. The normalized spacial score (nSPS) is 17.8. The van der Waals surface area contributed by atoms with Crippen LogP contribution in [0.2, 0.25) is 0 Å². The average Bonchev–Trinajstić information content (AvgIpc) is 2.49. The third-order valence-corrected chi connectivity index (χ3v) is 3.52. The first-order valence-electron chi connectivity index (χ1n) is 6.59. The Hall–Kier alpha value is -1.52. The fourth-order valence-electron chi connectivity index (χ4n) is 2.50. The van der Waals surface area contributed by atoms with Crippen LogP contribution >= 0.6 is 0 Å². The van der Waals surface area contributed by atoms with Crippen molar-refractivity contribution >= 4 is 0 Å². The van der Waals surface area contributed by atoms with E-state index in [2.05, 4.69) is 16.8 Å². The highest BCUT2D eigenvalue weighted by Gasteiger charge is 2.22. The molecule has 1 heterocycles. The number of hydrogen-bond acceptors (Lipinski definition) is 4. The Morgan fingerprint density at radius 1 is 1.26 bits per heavy atom. The maximum Gasteiger partial charge on any atom is 0.124 e. The molecule has 0 spiro atoms. The lowest BCUT2D eigenvalue weighted by molar-refractivity contribution is 0.200. The summed E-state index contributed by atoms with van der Waals surface area (Å²) >= 11 is 0. The highest BCUT2D eigenvalue weighted by Crippen LogP contribution is 2.33. The van der Waals surface area contributed by atoms with Gasteiger partial charge in [0, 0.05) is 31.7 Å². The minimum Gasteiger partial charge on any atom is -0.497 e. The summed E-state index contributed by atoms with van der Waals surface area (Å²) in [5, 5.41) is 3.36. The molecule has 1 N–H and O–H groups in total. The van der Waals surface area contributed by atoms with Crippen LogP contribution in [0.1, 0.15) is 11.6 Å². The molecule has 1 aromatic carbocycles. The van der Waals surface area contributed by atoms with Gasteiger partial charge in [-0.15, -0.1) is 6.58 Å². The van der Waals surface area contributed by atoms with E-state index in [0.29, 0.717) is 0 Å². The zero-order valence-electron chi connectivity index (χ0n) is 11.7. The maximum absolute atomic E-state index is 5.47. The van der Waals surface area contributed by atoms with Gasteiger partial charge < -0.3 is 14.8 Å². The molecule has 1 fully saturated rings. The average molecular weight is 262 g/mol. The molecule has 0 amide bonds. The molecule has 1 atom stereocenters. The van der Waals surface area contributed by atoms with Crippen LogP contribution in [0.3, 0.4) is 0 Å². The van der Waals surface area contributed by atoms with Gasteiger partial charge in [0.1, 0.15) is 11.5 Å². The van der Waals surface area contributed by atoms with Gasteiger partial charge in [0.05, 0.1) is 20.3 Å². The zero-order valence-corrected chi connectivity index (χ0v) is 11.7. The second-order valence-corrected chi connectivity index (χ2v) is 4.57. The number of piperazine rings is 1. The van der Waals surface area contributed by atoms with Crippen LogP contribution in [0.15, 0.2) is 30.9 Å². The fraction of sp³-hybridized carbons (Fsp3) is 0.467. The number of ether oxygens (including phenoxy) is 2. The molecule has 1 saturated heterocycles. The van der Waals surface area contributed by atoms with Crippen molar-refractivity contribution in [1.82, 2.24) is 10.2 Å². The summed E-state index contributed by atoms with van der Waals surface area (Å²) in [6.45, 7) is 8.03. The van der Waals surface area contributed by atoms with Gasteiger partial charge >= 0.3 is 0 Å². The molecule has 1 aromatic rings. The Balaban J connectivity index is 2.32. The van der Waals surface area contributed by atoms with Crippen LogP contribution in [-0.2, 0) is 0 Å². The van der Waals surface area contributed by atoms with E-state index < -0.39 is 0 Å². The van der Waals surface area contributed by atoms with Crippen LogP contribution < -0.4 is 14.8 Å². The molecular weight excluding hydrogens is 240 g/mol. The van der Waals surface area contributed by atoms with E-state index in [1.165, 1.54) is 0 Å². The SMILES string of the molecule is C=C[C@@H](c1cc(OC)ccc1OC)N1CCNCC1. The van der Waals surface area contributed by atoms with E-state index in [4.69, 9.17) is 9.47 Å². The summed E-state index contributed by atoms with van der Waals surface area (Å²) in [5.41, 5.74) is 1.11. The van der Waals surface area contributed by atoms with Gasteiger partial charge in [-0.3, -0.25) is 4.90 Å². The van der Waals surface area contributed by atoms with Gasteiger partial charge in [0.25, 0.3) is 0 Å². The molecule has 0 aromatic heterocycles. The molecule has 0 saturated carbocycles. The summed E-state index contributed by atoms with van der Waals surface area (Å²) in [6.07, 6.45) is 1.97. The molecule has 1 aliphatic heterocycles. The Kier molecular flexibility index (Phi) is 4.82. The van der Waals surface area contributed by atoms with Gasteiger partial charge in [0.2, 0.25) is 0 Å². The van der Waals surface area contributed by atoms with E-state index in [1.54, 1.807) is 14.2 Å². The molecule has 0 bridgehead atoms. The first-order valence-corrected chi connectivity index (χ1v) is 6.59. The Bertz CT molecular complexity index is 428. The van der Waals surface area contributed by atoms with Crippen LogP contribution in [-0.4, -0.2) is 45.3 Å². The third-order valence-electron chi connectivity index (χ3n) is 3.52. The lowest BCUT2D eigenvalue weighted by Gasteiger charge is -2.34. The van der Waals surface area contributed by atoms with Crippen LogP contribution in [0, 0.1) is 0 Å². The topological polar surface area (TPSA) is 33.7 Å². The number of rotatable bonds is 5.